The number of benzene rings is 1. The Morgan fingerprint density at radius 3 is 3.11 bits per heavy atom. The van der Waals surface area contributed by atoms with Crippen LogP contribution >= 0.6 is 22.9 Å². The maximum Gasteiger partial charge on any atom is 0.263 e. The summed E-state index contributed by atoms with van der Waals surface area (Å²) in [7, 11) is 0. The van der Waals surface area contributed by atoms with Crippen molar-refractivity contribution in [3.63, 3.8) is 0 Å². The zero-order valence-corrected chi connectivity index (χ0v) is 16.3. The first-order valence-electron chi connectivity index (χ1n) is 10.7. The molecule has 0 fully saturated rings. The van der Waals surface area contributed by atoms with Crippen molar-refractivity contribution in [2.45, 2.75) is 19.8 Å². The van der Waals surface area contributed by atoms with Gasteiger partial charge in [0.1, 0.15) is 10.0 Å². The molecule has 1 aliphatic heterocycles. The van der Waals surface area contributed by atoms with Crippen LogP contribution in [0.5, 0.6) is 0 Å². The van der Waals surface area contributed by atoms with Crippen molar-refractivity contribution in [3.8, 4) is 11.3 Å². The summed E-state index contributed by atoms with van der Waals surface area (Å²) < 4.78 is 32.8. The van der Waals surface area contributed by atoms with Gasteiger partial charge in [0.15, 0.2) is 0 Å². The van der Waals surface area contributed by atoms with E-state index in [0.29, 0.717) is 22.6 Å². The number of pyridine rings is 2. The molecule has 7 heteroatoms. The lowest BCUT2D eigenvalue weighted by molar-refractivity contribution is 0.0949. The molecule has 0 saturated heterocycles. The van der Waals surface area contributed by atoms with Gasteiger partial charge in [0.2, 0.25) is 0 Å². The molecule has 140 valence electrons. The minimum Gasteiger partial charge on any atom is -0.381 e. The average Bonchev–Trinajstić information content (AvgIpc) is 3.05. The Kier molecular flexibility index (Phi) is 3.09. The Bertz CT molecular complexity index is 1420. The molecule has 28 heavy (non-hydrogen) atoms. The van der Waals surface area contributed by atoms with E-state index in [1.165, 1.54) is 17.5 Å². The van der Waals surface area contributed by atoms with Gasteiger partial charge in [-0.25, -0.2) is 9.97 Å². The van der Waals surface area contributed by atoms with Crippen molar-refractivity contribution in [3.05, 3.63) is 52.1 Å². The molecule has 1 amide bonds. The molecule has 3 aromatic heterocycles. The molecule has 1 atom stereocenters. The molecule has 0 saturated carbocycles. The SMILES string of the molecule is [2H]c1c(Cl)ncc(C([2H])([2H])[2H])c1-c1ccc2c(ccc3sc4c(c32)NC[C@@H](C)NC4=O)n1. The Labute approximate surface area is 176 Å². The Hall–Kier alpha value is -2.70. The van der Waals surface area contributed by atoms with Gasteiger partial charge in [0, 0.05) is 43.9 Å². The molecule has 5 rings (SSSR count). The van der Waals surface area contributed by atoms with Gasteiger partial charge < -0.3 is 10.6 Å². The molecule has 0 spiro atoms. The Morgan fingerprint density at radius 2 is 2.25 bits per heavy atom. The monoisotopic (exact) mass is 412 g/mol. The number of carbonyl (C=O) groups is 1. The minimum absolute atomic E-state index is 0.00192. The van der Waals surface area contributed by atoms with E-state index in [2.05, 4.69) is 20.6 Å². The van der Waals surface area contributed by atoms with Crippen LogP contribution < -0.4 is 10.6 Å². The van der Waals surface area contributed by atoms with E-state index in [0.717, 1.165) is 21.2 Å². The smallest absolute Gasteiger partial charge is 0.263 e. The van der Waals surface area contributed by atoms with E-state index in [1.54, 1.807) is 6.07 Å². The number of nitrogens with one attached hydrogen (secondary N) is 2. The third-order valence-electron chi connectivity index (χ3n) is 4.75. The van der Waals surface area contributed by atoms with Gasteiger partial charge in [-0.2, -0.15) is 0 Å². The van der Waals surface area contributed by atoms with Gasteiger partial charge in [-0.15, -0.1) is 11.3 Å². The normalized spacial score (nSPS) is 19.1. The van der Waals surface area contributed by atoms with Gasteiger partial charge >= 0.3 is 0 Å². The van der Waals surface area contributed by atoms with Crippen molar-refractivity contribution in [2.75, 3.05) is 11.9 Å². The van der Waals surface area contributed by atoms with E-state index in [4.69, 9.17) is 17.1 Å². The number of amides is 1. The second kappa shape index (κ2) is 6.43. The average molecular weight is 413 g/mol. The van der Waals surface area contributed by atoms with Gasteiger partial charge in [0.25, 0.3) is 5.91 Å². The topological polar surface area (TPSA) is 66.9 Å². The number of aromatic nitrogens is 2. The first-order valence-corrected chi connectivity index (χ1v) is 9.91. The molecule has 4 heterocycles. The molecule has 0 unspecified atom stereocenters. The number of anilines is 1. The molecule has 1 aliphatic rings. The maximum absolute atomic E-state index is 12.6. The highest BCUT2D eigenvalue weighted by molar-refractivity contribution is 7.21. The van der Waals surface area contributed by atoms with Gasteiger partial charge in [0.05, 0.1) is 18.3 Å². The predicted octanol–water partition coefficient (Wildman–Crippen LogP) is 5.02. The van der Waals surface area contributed by atoms with Crippen LogP contribution in [0, 0.1) is 6.85 Å². The number of thiophene rings is 1. The van der Waals surface area contributed by atoms with E-state index < -0.39 is 6.85 Å². The zero-order valence-electron chi connectivity index (χ0n) is 18.8. The van der Waals surface area contributed by atoms with Crippen LogP contribution in [0.1, 0.15) is 27.6 Å². The number of hydrogen-bond donors (Lipinski definition) is 2. The zero-order chi connectivity index (χ0) is 22.8. The van der Waals surface area contributed by atoms with Crippen LogP contribution in [-0.2, 0) is 0 Å². The number of nitrogens with zero attached hydrogens (tertiary/aromatic N) is 2. The largest absolute Gasteiger partial charge is 0.381 e. The third-order valence-corrected chi connectivity index (χ3v) is 6.10. The van der Waals surface area contributed by atoms with Crippen LogP contribution in [0.15, 0.2) is 36.5 Å². The highest BCUT2D eigenvalue weighted by Crippen LogP contribution is 2.41. The van der Waals surface area contributed by atoms with E-state index in [9.17, 15) is 4.79 Å². The first-order chi connectivity index (χ1) is 15.1. The summed E-state index contributed by atoms with van der Waals surface area (Å²) in [5.74, 6) is -0.107. The standard InChI is InChI=1S/C21H17ClN4OS/c1-10-8-23-17(22)7-13(10)15-4-3-12-14(26-15)5-6-16-18(12)19-20(28-16)21(27)25-11(2)9-24-19/h3-8,11,24H,9H2,1-2H3,(H,25,27)/t11-/m1/s1/i1D3,7D. The van der Waals surface area contributed by atoms with Gasteiger partial charge in [-0.3, -0.25) is 4.79 Å². The molecular weight excluding hydrogens is 392 g/mol. The lowest BCUT2D eigenvalue weighted by Gasteiger charge is -2.10. The number of hydrogen-bond acceptors (Lipinski definition) is 5. The van der Waals surface area contributed by atoms with Crippen LogP contribution in [-0.4, -0.2) is 28.5 Å². The molecule has 0 radical (unpaired) electrons. The highest BCUT2D eigenvalue weighted by Gasteiger charge is 2.24. The van der Waals surface area contributed by atoms with Crippen molar-refractivity contribution in [1.82, 2.24) is 15.3 Å². The number of carbonyl (C=O) groups excluding carboxylic acids is 1. The predicted molar refractivity (Wildman–Crippen MR) is 116 cm³/mol. The van der Waals surface area contributed by atoms with Gasteiger partial charge in [-0.05, 0) is 49.6 Å². The van der Waals surface area contributed by atoms with Crippen molar-refractivity contribution < 1.29 is 10.3 Å². The first kappa shape index (κ1) is 13.5. The van der Waals surface area contributed by atoms with E-state index >= 15 is 0 Å². The molecular formula is C21H17ClN4OS. The lowest BCUT2D eigenvalue weighted by Crippen LogP contribution is -2.34. The third kappa shape index (κ3) is 2.72. The van der Waals surface area contributed by atoms with Crippen LogP contribution in [0.4, 0.5) is 5.69 Å². The number of fused-ring (bicyclic) bond motifs is 5. The van der Waals surface area contributed by atoms with Crippen LogP contribution in [0.2, 0.25) is 5.15 Å². The quantitative estimate of drug-likeness (QED) is 0.431. The lowest BCUT2D eigenvalue weighted by atomic mass is 10.0. The second-order valence-electron chi connectivity index (χ2n) is 6.73. The summed E-state index contributed by atoms with van der Waals surface area (Å²) in [5, 5.41) is 8.00. The minimum atomic E-state index is -2.47. The number of rotatable bonds is 1. The fraction of sp³-hybridized carbons (Fsp3) is 0.190. The molecule has 5 nitrogen and oxygen atoms in total. The summed E-state index contributed by atoms with van der Waals surface area (Å²) in [5.41, 5.74) is 1.80. The molecule has 0 aliphatic carbocycles. The molecule has 2 N–H and O–H groups in total. The Balaban J connectivity index is 1.75. The van der Waals surface area contributed by atoms with Crippen molar-refractivity contribution in [1.29, 1.82) is 0 Å². The van der Waals surface area contributed by atoms with Crippen molar-refractivity contribution in [2.24, 2.45) is 0 Å². The number of halogens is 1. The fourth-order valence-electron chi connectivity index (χ4n) is 3.46. The summed E-state index contributed by atoms with van der Waals surface area (Å²) in [6.45, 7) is 0.0739. The number of aryl methyl sites for hydroxylation is 1. The summed E-state index contributed by atoms with van der Waals surface area (Å²) in [6, 6.07) is 7.09. The molecule has 0 bridgehead atoms. The highest BCUT2D eigenvalue weighted by atomic mass is 35.5. The molecule has 4 aromatic rings. The van der Waals surface area contributed by atoms with Gasteiger partial charge in [-0.1, -0.05) is 11.6 Å². The van der Waals surface area contributed by atoms with Crippen LogP contribution in [0.25, 0.3) is 32.2 Å². The molecule has 1 aromatic carbocycles. The van der Waals surface area contributed by atoms with E-state index in [1.807, 2.05) is 25.1 Å². The summed E-state index contributed by atoms with van der Waals surface area (Å²) >= 11 is 7.45. The van der Waals surface area contributed by atoms with Crippen molar-refractivity contribution >= 4 is 55.5 Å². The maximum atomic E-state index is 12.6. The second-order valence-corrected chi connectivity index (χ2v) is 8.14. The summed E-state index contributed by atoms with van der Waals surface area (Å²) in [6.07, 6.45) is 1.18. The Morgan fingerprint density at radius 1 is 1.36 bits per heavy atom. The fourth-order valence-corrected chi connectivity index (χ4v) is 4.70. The van der Waals surface area contributed by atoms with Crippen LogP contribution in [0.3, 0.4) is 0 Å². The van der Waals surface area contributed by atoms with E-state index in [-0.39, 0.29) is 34.3 Å². The summed E-state index contributed by atoms with van der Waals surface area (Å²) in [4.78, 5) is 21.8.